The molecule has 9 heteroatoms. The molecule has 2 heterocycles. The van der Waals surface area contributed by atoms with Crippen molar-refractivity contribution in [1.82, 2.24) is 20.7 Å². The number of hydrazine groups is 1. The first kappa shape index (κ1) is 22.6. The van der Waals surface area contributed by atoms with E-state index in [0.29, 0.717) is 27.8 Å². The zero-order valence-corrected chi connectivity index (χ0v) is 18.6. The molecule has 1 saturated heterocycles. The monoisotopic (exact) mass is 454 g/mol. The fourth-order valence-corrected chi connectivity index (χ4v) is 4.16. The van der Waals surface area contributed by atoms with Crippen LogP contribution in [0, 0.1) is 0 Å². The summed E-state index contributed by atoms with van der Waals surface area (Å²) < 4.78 is 0.478. The Morgan fingerprint density at radius 1 is 1.19 bits per heavy atom. The first-order chi connectivity index (χ1) is 15.0. The van der Waals surface area contributed by atoms with Crippen molar-refractivity contribution in [3.8, 4) is 0 Å². The van der Waals surface area contributed by atoms with Gasteiger partial charge >= 0.3 is 0 Å². The van der Waals surface area contributed by atoms with Gasteiger partial charge in [0.1, 0.15) is 4.32 Å². The van der Waals surface area contributed by atoms with E-state index in [1.807, 2.05) is 30.3 Å². The maximum Gasteiger partial charge on any atom is 0.271 e. The third kappa shape index (κ3) is 6.22. The topological polar surface area (TPSA) is 91.4 Å². The molecule has 1 aromatic heterocycles. The van der Waals surface area contributed by atoms with Crippen LogP contribution in [0.2, 0.25) is 0 Å². The molecule has 0 spiro atoms. The summed E-state index contributed by atoms with van der Waals surface area (Å²) in [6.45, 7) is 2.43. The summed E-state index contributed by atoms with van der Waals surface area (Å²) in [7, 11) is 0. The average molecular weight is 455 g/mol. The van der Waals surface area contributed by atoms with Crippen LogP contribution < -0.4 is 10.9 Å². The Balaban J connectivity index is 1.46. The highest BCUT2D eigenvalue weighted by molar-refractivity contribution is 8.26. The van der Waals surface area contributed by atoms with E-state index in [9.17, 15) is 14.4 Å². The fourth-order valence-electron chi connectivity index (χ4n) is 2.85. The molecule has 1 fully saturated rings. The maximum absolute atomic E-state index is 12.7. The van der Waals surface area contributed by atoms with Crippen molar-refractivity contribution in [2.75, 3.05) is 6.54 Å². The highest BCUT2D eigenvalue weighted by Gasteiger charge is 2.31. The summed E-state index contributed by atoms with van der Waals surface area (Å²) in [4.78, 5) is 42.5. The second-order valence-corrected chi connectivity index (χ2v) is 8.45. The molecule has 1 aliphatic heterocycles. The number of hydrogen-bond donors (Lipinski definition) is 2. The molecule has 0 saturated carbocycles. The SMILES string of the molecule is CCc1ccc(C=C2SC(=S)N(CCCC(=O)NNC(=O)c3cccnc3)C2=O)cc1. The van der Waals surface area contributed by atoms with E-state index in [2.05, 4.69) is 22.8 Å². The van der Waals surface area contributed by atoms with E-state index in [0.717, 1.165) is 12.0 Å². The maximum atomic E-state index is 12.7. The lowest BCUT2D eigenvalue weighted by atomic mass is 10.1. The average Bonchev–Trinajstić information content (AvgIpc) is 3.05. The summed E-state index contributed by atoms with van der Waals surface area (Å²) >= 11 is 6.60. The smallest absolute Gasteiger partial charge is 0.271 e. The van der Waals surface area contributed by atoms with E-state index in [4.69, 9.17) is 12.2 Å². The molecular weight excluding hydrogens is 432 g/mol. The third-order valence-corrected chi connectivity index (χ3v) is 5.96. The lowest BCUT2D eigenvalue weighted by molar-refractivity contribution is -0.124. The Morgan fingerprint density at radius 2 is 1.97 bits per heavy atom. The molecule has 1 aromatic carbocycles. The van der Waals surface area contributed by atoms with Gasteiger partial charge < -0.3 is 0 Å². The van der Waals surface area contributed by atoms with Gasteiger partial charge in [0, 0.05) is 25.4 Å². The lowest BCUT2D eigenvalue weighted by Gasteiger charge is -2.14. The largest absolute Gasteiger partial charge is 0.293 e. The van der Waals surface area contributed by atoms with Gasteiger partial charge in [0.15, 0.2) is 0 Å². The Kier molecular flexibility index (Phi) is 7.91. The number of aromatic nitrogens is 1. The van der Waals surface area contributed by atoms with Crippen molar-refractivity contribution in [2.24, 2.45) is 0 Å². The number of thiocarbonyl (C=S) groups is 1. The van der Waals surface area contributed by atoms with E-state index in [1.54, 1.807) is 18.3 Å². The van der Waals surface area contributed by atoms with Crippen molar-refractivity contribution < 1.29 is 14.4 Å². The first-order valence-corrected chi connectivity index (χ1v) is 11.0. The molecule has 2 N–H and O–H groups in total. The van der Waals surface area contributed by atoms with Crippen molar-refractivity contribution in [2.45, 2.75) is 26.2 Å². The number of nitrogens with zero attached hydrogens (tertiary/aromatic N) is 2. The van der Waals surface area contributed by atoms with Crippen molar-refractivity contribution in [3.63, 3.8) is 0 Å². The van der Waals surface area contributed by atoms with E-state index < -0.39 is 5.91 Å². The number of carbonyl (C=O) groups is 3. The van der Waals surface area contributed by atoms with Gasteiger partial charge in [-0.1, -0.05) is 55.2 Å². The van der Waals surface area contributed by atoms with Crippen LogP contribution in [-0.2, 0) is 16.0 Å². The molecule has 0 radical (unpaired) electrons. The van der Waals surface area contributed by atoms with Gasteiger partial charge in [-0.15, -0.1) is 0 Å². The number of amides is 3. The minimum Gasteiger partial charge on any atom is -0.293 e. The van der Waals surface area contributed by atoms with Gasteiger partial charge in [-0.05, 0) is 42.2 Å². The van der Waals surface area contributed by atoms with E-state index in [-0.39, 0.29) is 18.2 Å². The molecule has 0 aliphatic carbocycles. The zero-order chi connectivity index (χ0) is 22.2. The van der Waals surface area contributed by atoms with Crippen LogP contribution in [0.5, 0.6) is 0 Å². The Hall–Kier alpha value is -3.04. The number of benzene rings is 1. The standard InChI is InChI=1S/C22H22N4O3S2/c1-2-15-7-9-16(10-8-15)13-18-21(29)26(22(30)31-18)12-4-6-19(27)24-25-20(28)17-5-3-11-23-14-17/h3,5,7-11,13-14H,2,4,6,12H2,1H3,(H,24,27)(H,25,28). The second-order valence-electron chi connectivity index (χ2n) is 6.78. The van der Waals surface area contributed by atoms with Crippen LogP contribution in [0.3, 0.4) is 0 Å². The van der Waals surface area contributed by atoms with Crippen LogP contribution >= 0.6 is 24.0 Å². The molecule has 0 atom stereocenters. The van der Waals surface area contributed by atoms with Crippen molar-refractivity contribution in [1.29, 1.82) is 0 Å². The van der Waals surface area contributed by atoms with Gasteiger partial charge in [-0.3, -0.25) is 35.1 Å². The fraction of sp³-hybridized carbons (Fsp3) is 0.227. The molecule has 0 unspecified atom stereocenters. The second kappa shape index (κ2) is 10.8. The Labute approximate surface area is 190 Å². The summed E-state index contributed by atoms with van der Waals surface area (Å²) in [6.07, 6.45) is 6.31. The molecule has 2 aromatic rings. The number of hydrogen-bond acceptors (Lipinski definition) is 6. The van der Waals surface area contributed by atoms with Crippen LogP contribution in [0.1, 0.15) is 41.3 Å². The zero-order valence-electron chi connectivity index (χ0n) is 17.0. The predicted molar refractivity (Wildman–Crippen MR) is 125 cm³/mol. The first-order valence-electron chi connectivity index (χ1n) is 9.81. The summed E-state index contributed by atoms with van der Waals surface area (Å²) in [5, 5.41) is 0. The molecule has 160 valence electrons. The molecule has 0 bridgehead atoms. The molecule has 31 heavy (non-hydrogen) atoms. The van der Waals surface area contributed by atoms with Gasteiger partial charge in [0.05, 0.1) is 10.5 Å². The van der Waals surface area contributed by atoms with Crippen LogP contribution in [0.15, 0.2) is 53.7 Å². The van der Waals surface area contributed by atoms with Crippen LogP contribution in [0.4, 0.5) is 0 Å². The number of thioether (sulfide) groups is 1. The molecule has 7 nitrogen and oxygen atoms in total. The summed E-state index contributed by atoms with van der Waals surface area (Å²) in [5.74, 6) is -0.954. The normalized spacial score (nSPS) is 14.7. The van der Waals surface area contributed by atoms with Crippen molar-refractivity contribution in [3.05, 3.63) is 70.4 Å². The third-order valence-electron chi connectivity index (χ3n) is 4.58. The van der Waals surface area contributed by atoms with E-state index in [1.165, 1.54) is 28.4 Å². The minimum absolute atomic E-state index is 0.141. The van der Waals surface area contributed by atoms with Crippen LogP contribution in [-0.4, -0.2) is 38.5 Å². The van der Waals surface area contributed by atoms with Gasteiger partial charge in [-0.2, -0.15) is 0 Å². The van der Waals surface area contributed by atoms with Gasteiger partial charge in [-0.25, -0.2) is 0 Å². The predicted octanol–water partition coefficient (Wildman–Crippen LogP) is 3.09. The van der Waals surface area contributed by atoms with E-state index >= 15 is 0 Å². The number of pyridine rings is 1. The number of aryl methyl sites for hydroxylation is 1. The van der Waals surface area contributed by atoms with Crippen molar-refractivity contribution >= 4 is 52.1 Å². The molecular formula is C22H22N4O3S2. The molecule has 3 amide bonds. The van der Waals surface area contributed by atoms with Crippen LogP contribution in [0.25, 0.3) is 6.08 Å². The number of rotatable bonds is 7. The number of carbonyl (C=O) groups excluding carboxylic acids is 3. The van der Waals surface area contributed by atoms with Gasteiger partial charge in [0.2, 0.25) is 5.91 Å². The lowest BCUT2D eigenvalue weighted by Crippen LogP contribution is -2.42. The highest BCUT2D eigenvalue weighted by Crippen LogP contribution is 2.32. The highest BCUT2D eigenvalue weighted by atomic mass is 32.2. The Bertz CT molecular complexity index is 1010. The Morgan fingerprint density at radius 3 is 2.65 bits per heavy atom. The van der Waals surface area contributed by atoms with Gasteiger partial charge in [0.25, 0.3) is 11.8 Å². The number of nitrogens with one attached hydrogen (secondary N) is 2. The molecule has 1 aliphatic rings. The summed E-state index contributed by atoms with van der Waals surface area (Å²) in [5.41, 5.74) is 7.22. The summed E-state index contributed by atoms with van der Waals surface area (Å²) in [6, 6.07) is 11.3. The minimum atomic E-state index is -0.449. The molecule has 3 rings (SSSR count). The quantitative estimate of drug-likeness (QED) is 0.380.